The molecule has 0 bridgehead atoms. The first-order chi connectivity index (χ1) is 6.72. The summed E-state index contributed by atoms with van der Waals surface area (Å²) in [4.78, 5) is 11.0. The van der Waals surface area contributed by atoms with Gasteiger partial charge in [-0.3, -0.25) is 0 Å². The Balaban J connectivity index is 2.06. The number of carbonyl (C=O) groups is 1. The fourth-order valence-electron chi connectivity index (χ4n) is 1.28. The number of methoxy groups -OCH3 is 1. The first-order valence-electron chi connectivity index (χ1n) is 4.14. The van der Waals surface area contributed by atoms with Crippen LogP contribution in [0, 0.1) is 5.21 Å². The van der Waals surface area contributed by atoms with Crippen LogP contribution in [-0.4, -0.2) is 19.2 Å². The maximum Gasteiger partial charge on any atom is 0.338 e. The van der Waals surface area contributed by atoms with E-state index in [4.69, 9.17) is 4.74 Å². The van der Waals surface area contributed by atoms with Gasteiger partial charge in [-0.1, -0.05) is 0 Å². The Kier molecular flexibility index (Phi) is 2.09. The molecule has 5 nitrogen and oxygen atoms in total. The molecular weight excluding hydrogens is 186 g/mol. The van der Waals surface area contributed by atoms with E-state index >= 15 is 0 Å². The summed E-state index contributed by atoms with van der Waals surface area (Å²) < 4.78 is 10.3. The molecule has 2 unspecified atom stereocenters. The molecule has 0 N–H and O–H groups in total. The zero-order valence-electron chi connectivity index (χ0n) is 7.54. The number of nitrogens with zero attached hydrogens (tertiary/aromatic N) is 1. The van der Waals surface area contributed by atoms with E-state index in [9.17, 15) is 10.0 Å². The minimum atomic E-state index is -0.512. The number of carbonyl (C=O) groups excluding carboxylic acids is 1. The smallest absolute Gasteiger partial charge is 0.338 e. The molecule has 0 amide bonds. The van der Waals surface area contributed by atoms with Crippen molar-refractivity contribution in [3.05, 3.63) is 35.3 Å². The molecule has 74 valence electrons. The first-order valence-corrected chi connectivity index (χ1v) is 4.14. The van der Waals surface area contributed by atoms with Crippen molar-refractivity contribution in [2.75, 3.05) is 7.11 Å². The summed E-state index contributed by atoms with van der Waals surface area (Å²) in [5, 5.41) is 10.7. The molecule has 1 aromatic rings. The Morgan fingerprint density at radius 3 is 2.79 bits per heavy atom. The van der Waals surface area contributed by atoms with Crippen molar-refractivity contribution < 1.29 is 19.0 Å². The molecule has 0 radical (unpaired) electrons. The van der Waals surface area contributed by atoms with E-state index in [0.717, 1.165) is 5.56 Å². The summed E-state index contributed by atoms with van der Waals surface area (Å²) in [6, 6.07) is 3.25. The molecule has 2 atom stereocenters. The van der Waals surface area contributed by atoms with Crippen LogP contribution in [0.5, 0.6) is 0 Å². The van der Waals surface area contributed by atoms with Crippen LogP contribution in [0.15, 0.2) is 24.5 Å². The maximum atomic E-state index is 11.0. The van der Waals surface area contributed by atoms with Crippen LogP contribution >= 0.6 is 0 Å². The summed E-state index contributed by atoms with van der Waals surface area (Å²) in [5.41, 5.74) is 0.813. The van der Waals surface area contributed by atoms with Gasteiger partial charge >= 0.3 is 5.97 Å². The monoisotopic (exact) mass is 195 g/mol. The van der Waals surface area contributed by atoms with Crippen LogP contribution in [0.25, 0.3) is 0 Å². The minimum Gasteiger partial charge on any atom is -0.619 e. The fraction of sp³-hybridized carbons (Fsp3) is 0.333. The average Bonchev–Trinajstić information content (AvgIpc) is 2.98. The van der Waals surface area contributed by atoms with Gasteiger partial charge in [0.05, 0.1) is 7.11 Å². The number of aromatic nitrogens is 1. The van der Waals surface area contributed by atoms with Gasteiger partial charge in [-0.2, -0.15) is 4.73 Å². The largest absolute Gasteiger partial charge is 0.619 e. The van der Waals surface area contributed by atoms with Crippen LogP contribution in [0.3, 0.4) is 0 Å². The van der Waals surface area contributed by atoms with Crippen LogP contribution < -0.4 is 4.73 Å². The highest BCUT2D eigenvalue weighted by atomic mass is 16.6. The van der Waals surface area contributed by atoms with Crippen molar-refractivity contribution >= 4 is 5.97 Å². The number of ether oxygens (including phenoxy) is 2. The van der Waals surface area contributed by atoms with E-state index < -0.39 is 6.10 Å². The predicted molar refractivity (Wildman–Crippen MR) is 45.0 cm³/mol. The summed E-state index contributed by atoms with van der Waals surface area (Å²) in [6.45, 7) is 0. The molecule has 1 saturated heterocycles. The number of esters is 1. The van der Waals surface area contributed by atoms with Crippen molar-refractivity contribution in [2.45, 2.75) is 12.2 Å². The molecule has 1 aromatic heterocycles. The second-order valence-corrected chi connectivity index (χ2v) is 2.99. The van der Waals surface area contributed by atoms with Crippen molar-refractivity contribution in [2.24, 2.45) is 0 Å². The van der Waals surface area contributed by atoms with E-state index in [-0.39, 0.29) is 12.1 Å². The molecule has 1 aliphatic rings. The van der Waals surface area contributed by atoms with E-state index in [1.165, 1.54) is 19.5 Å². The van der Waals surface area contributed by atoms with Crippen LogP contribution in [0.2, 0.25) is 0 Å². The van der Waals surface area contributed by atoms with E-state index in [1.54, 1.807) is 12.1 Å². The molecule has 0 aromatic carbocycles. The SMILES string of the molecule is COC(=O)C1OC1c1cc[n+]([O-])cc1. The second-order valence-electron chi connectivity index (χ2n) is 2.99. The number of epoxide rings is 1. The minimum absolute atomic E-state index is 0.261. The third-order valence-electron chi connectivity index (χ3n) is 2.08. The Morgan fingerprint density at radius 1 is 1.57 bits per heavy atom. The lowest BCUT2D eigenvalue weighted by Crippen LogP contribution is -2.23. The molecule has 5 heteroatoms. The third-order valence-corrected chi connectivity index (χ3v) is 2.08. The summed E-state index contributed by atoms with van der Waals surface area (Å²) >= 11 is 0. The molecule has 2 heterocycles. The van der Waals surface area contributed by atoms with Gasteiger partial charge in [-0.05, 0) is 5.56 Å². The standard InChI is InChI=1S/C9H9NO4/c1-13-9(11)8-7(14-8)6-2-4-10(12)5-3-6/h2-5,7-8H,1H3. The third kappa shape index (κ3) is 1.54. The summed E-state index contributed by atoms with van der Waals surface area (Å²) in [7, 11) is 1.32. The number of rotatable bonds is 2. The van der Waals surface area contributed by atoms with E-state index in [2.05, 4.69) is 4.74 Å². The zero-order chi connectivity index (χ0) is 10.1. The summed E-state index contributed by atoms with van der Waals surface area (Å²) in [6.07, 6.45) is 1.96. The maximum absolute atomic E-state index is 11.0. The van der Waals surface area contributed by atoms with Crippen LogP contribution in [0.1, 0.15) is 11.7 Å². The number of hydrogen-bond acceptors (Lipinski definition) is 4. The molecule has 2 rings (SSSR count). The highest BCUT2D eigenvalue weighted by Gasteiger charge is 2.47. The average molecular weight is 195 g/mol. The topological polar surface area (TPSA) is 65.8 Å². The Morgan fingerprint density at radius 2 is 2.21 bits per heavy atom. The molecule has 0 aliphatic carbocycles. The van der Waals surface area contributed by atoms with Crippen molar-refractivity contribution in [3.63, 3.8) is 0 Å². The fourth-order valence-corrected chi connectivity index (χ4v) is 1.28. The lowest BCUT2D eigenvalue weighted by Gasteiger charge is -1.96. The molecule has 0 saturated carbocycles. The van der Waals surface area contributed by atoms with Crippen molar-refractivity contribution in [1.82, 2.24) is 0 Å². The van der Waals surface area contributed by atoms with E-state index in [1.807, 2.05) is 0 Å². The number of hydrogen-bond donors (Lipinski definition) is 0. The Labute approximate surface area is 80.5 Å². The van der Waals surface area contributed by atoms with Crippen LogP contribution in [-0.2, 0) is 14.3 Å². The quantitative estimate of drug-likeness (QED) is 0.287. The van der Waals surface area contributed by atoms with Crippen LogP contribution in [0.4, 0.5) is 0 Å². The van der Waals surface area contributed by atoms with E-state index in [0.29, 0.717) is 4.73 Å². The van der Waals surface area contributed by atoms with Gasteiger partial charge in [0.2, 0.25) is 0 Å². The van der Waals surface area contributed by atoms with Gasteiger partial charge in [-0.25, -0.2) is 4.79 Å². The molecular formula is C9H9NO4. The van der Waals surface area contributed by atoms with Crippen molar-refractivity contribution in [3.8, 4) is 0 Å². The first kappa shape index (κ1) is 8.96. The molecule has 1 aliphatic heterocycles. The second kappa shape index (κ2) is 3.26. The van der Waals surface area contributed by atoms with Gasteiger partial charge in [0, 0.05) is 12.1 Å². The Hall–Kier alpha value is -1.62. The highest BCUT2D eigenvalue weighted by molar-refractivity contribution is 5.78. The van der Waals surface area contributed by atoms with Gasteiger partial charge in [0.25, 0.3) is 0 Å². The highest BCUT2D eigenvalue weighted by Crippen LogP contribution is 2.38. The predicted octanol–water partition coefficient (Wildman–Crippen LogP) is -0.0671. The van der Waals surface area contributed by atoms with Gasteiger partial charge in [0.15, 0.2) is 18.5 Å². The summed E-state index contributed by atoms with van der Waals surface area (Å²) in [5.74, 6) is -0.381. The Bertz CT molecular complexity index is 348. The number of pyridine rings is 1. The molecule has 0 spiro atoms. The normalized spacial score (nSPS) is 24.4. The lowest BCUT2D eigenvalue weighted by molar-refractivity contribution is -0.605. The molecule has 14 heavy (non-hydrogen) atoms. The van der Waals surface area contributed by atoms with Gasteiger partial charge in [0.1, 0.15) is 6.10 Å². The van der Waals surface area contributed by atoms with Gasteiger partial charge in [-0.15, -0.1) is 0 Å². The molecule has 1 fully saturated rings. The van der Waals surface area contributed by atoms with Gasteiger partial charge < -0.3 is 14.7 Å². The van der Waals surface area contributed by atoms with Crippen molar-refractivity contribution in [1.29, 1.82) is 0 Å². The lowest BCUT2D eigenvalue weighted by atomic mass is 10.1. The zero-order valence-corrected chi connectivity index (χ0v) is 7.54.